The normalized spacial score (nSPS) is 9.92. The fourth-order valence-electron chi connectivity index (χ4n) is 0.999. The van der Waals surface area contributed by atoms with Crippen molar-refractivity contribution in [1.82, 2.24) is 4.98 Å². The first-order valence-electron chi connectivity index (χ1n) is 3.70. The molecule has 62 valence electrons. The maximum absolute atomic E-state index is 8.78. The van der Waals surface area contributed by atoms with Gasteiger partial charge >= 0.3 is 0 Å². The Morgan fingerprint density at radius 1 is 1.58 bits per heavy atom. The van der Waals surface area contributed by atoms with Crippen LogP contribution in [0.1, 0.15) is 31.0 Å². The summed E-state index contributed by atoms with van der Waals surface area (Å²) in [6, 6.07) is 3.92. The van der Waals surface area contributed by atoms with Crippen molar-refractivity contribution < 1.29 is 0 Å². The zero-order chi connectivity index (χ0) is 9.14. The highest BCUT2D eigenvalue weighted by Crippen LogP contribution is 2.19. The molecule has 0 saturated heterocycles. The third-order valence-corrected chi connectivity index (χ3v) is 1.99. The van der Waals surface area contributed by atoms with Crippen LogP contribution in [0.2, 0.25) is 0 Å². The van der Waals surface area contributed by atoms with Crippen molar-refractivity contribution in [3.8, 4) is 6.07 Å². The Morgan fingerprint density at radius 2 is 2.25 bits per heavy atom. The van der Waals surface area contributed by atoms with E-state index in [1.807, 2.05) is 13.8 Å². The molecular weight excluding hydrogens is 216 g/mol. The molecule has 0 aromatic carbocycles. The van der Waals surface area contributed by atoms with Gasteiger partial charge in [-0.3, -0.25) is 4.98 Å². The van der Waals surface area contributed by atoms with Gasteiger partial charge in [0.1, 0.15) is 6.07 Å². The van der Waals surface area contributed by atoms with Crippen LogP contribution in [-0.4, -0.2) is 4.98 Å². The van der Waals surface area contributed by atoms with Gasteiger partial charge in [0.2, 0.25) is 0 Å². The van der Waals surface area contributed by atoms with E-state index in [1.54, 1.807) is 12.3 Å². The number of rotatable bonds is 1. The van der Waals surface area contributed by atoms with E-state index < -0.39 is 0 Å². The van der Waals surface area contributed by atoms with Crippen molar-refractivity contribution in [2.24, 2.45) is 0 Å². The average molecular weight is 225 g/mol. The third-order valence-electron chi connectivity index (χ3n) is 1.55. The number of halogens is 1. The molecule has 0 spiro atoms. The Balaban J connectivity index is 3.23. The summed E-state index contributed by atoms with van der Waals surface area (Å²) < 4.78 is 0.850. The molecule has 0 aliphatic heterocycles. The molecule has 2 nitrogen and oxygen atoms in total. The Bertz CT molecular complexity index is 326. The summed E-state index contributed by atoms with van der Waals surface area (Å²) in [6.07, 6.45) is 1.72. The Hall–Kier alpha value is -0.880. The molecule has 0 saturated carbocycles. The van der Waals surface area contributed by atoms with Gasteiger partial charge in [-0.15, -0.1) is 0 Å². The molecule has 1 heterocycles. The van der Waals surface area contributed by atoms with Crippen LogP contribution in [0, 0.1) is 11.3 Å². The van der Waals surface area contributed by atoms with Gasteiger partial charge in [-0.1, -0.05) is 13.8 Å². The lowest BCUT2D eigenvalue weighted by atomic mass is 10.1. The number of hydrogen-bond donors (Lipinski definition) is 0. The molecule has 12 heavy (non-hydrogen) atoms. The van der Waals surface area contributed by atoms with Crippen molar-refractivity contribution in [3.63, 3.8) is 0 Å². The van der Waals surface area contributed by atoms with Crippen LogP contribution < -0.4 is 0 Å². The van der Waals surface area contributed by atoms with Crippen LogP contribution in [0.25, 0.3) is 0 Å². The van der Waals surface area contributed by atoms with E-state index in [-0.39, 0.29) is 0 Å². The van der Waals surface area contributed by atoms with Crippen LogP contribution in [0.5, 0.6) is 0 Å². The van der Waals surface area contributed by atoms with Gasteiger partial charge in [0.25, 0.3) is 0 Å². The van der Waals surface area contributed by atoms with E-state index in [0.717, 1.165) is 10.2 Å². The number of nitriles is 1. The molecule has 0 fully saturated rings. The summed E-state index contributed by atoms with van der Waals surface area (Å²) >= 11 is 3.27. The fourth-order valence-corrected chi connectivity index (χ4v) is 1.33. The maximum atomic E-state index is 8.78. The fraction of sp³-hybridized carbons (Fsp3) is 0.333. The number of nitrogens with zero attached hydrogens (tertiary/aromatic N) is 2. The van der Waals surface area contributed by atoms with Crippen LogP contribution >= 0.6 is 15.9 Å². The van der Waals surface area contributed by atoms with Crippen LogP contribution in [0.15, 0.2) is 16.7 Å². The minimum atomic E-state index is 0.299. The van der Waals surface area contributed by atoms with Gasteiger partial charge in [-0.2, -0.15) is 5.26 Å². The molecule has 0 aliphatic rings. The van der Waals surface area contributed by atoms with Gasteiger partial charge in [-0.25, -0.2) is 0 Å². The number of aromatic nitrogens is 1. The predicted octanol–water partition coefficient (Wildman–Crippen LogP) is 2.84. The standard InChI is InChI=1S/C9H9BrN2/c1-6(2)9-7(4-11)3-8(10)5-12-9/h3,5-6H,1-2H3. The molecule has 0 aliphatic carbocycles. The van der Waals surface area contributed by atoms with Crippen molar-refractivity contribution >= 4 is 15.9 Å². The summed E-state index contributed by atoms with van der Waals surface area (Å²) in [5, 5.41) is 8.78. The number of hydrogen-bond acceptors (Lipinski definition) is 2. The summed E-state index contributed by atoms with van der Waals surface area (Å²) in [5.74, 6) is 0.299. The van der Waals surface area contributed by atoms with E-state index >= 15 is 0 Å². The Kier molecular flexibility index (Phi) is 2.83. The molecule has 1 aromatic heterocycles. The topological polar surface area (TPSA) is 36.7 Å². The lowest BCUT2D eigenvalue weighted by Crippen LogP contribution is -1.96. The smallest absolute Gasteiger partial charge is 0.101 e. The second-order valence-corrected chi connectivity index (χ2v) is 3.77. The second-order valence-electron chi connectivity index (χ2n) is 2.85. The van der Waals surface area contributed by atoms with Crippen LogP contribution in [0.3, 0.4) is 0 Å². The van der Waals surface area contributed by atoms with Crippen molar-refractivity contribution in [1.29, 1.82) is 5.26 Å². The van der Waals surface area contributed by atoms with Crippen LogP contribution in [-0.2, 0) is 0 Å². The second kappa shape index (κ2) is 3.68. The molecule has 3 heteroatoms. The molecule has 1 aromatic rings. The van der Waals surface area contributed by atoms with Gasteiger partial charge in [0.15, 0.2) is 0 Å². The van der Waals surface area contributed by atoms with E-state index in [0.29, 0.717) is 11.5 Å². The summed E-state index contributed by atoms with van der Waals surface area (Å²) in [7, 11) is 0. The molecule has 0 bridgehead atoms. The predicted molar refractivity (Wildman–Crippen MR) is 50.7 cm³/mol. The lowest BCUT2D eigenvalue weighted by molar-refractivity contribution is 0.817. The van der Waals surface area contributed by atoms with E-state index in [4.69, 9.17) is 5.26 Å². The molecule has 0 N–H and O–H groups in total. The Morgan fingerprint density at radius 3 is 2.75 bits per heavy atom. The quantitative estimate of drug-likeness (QED) is 0.736. The summed E-state index contributed by atoms with van der Waals surface area (Å²) in [6.45, 7) is 4.05. The van der Waals surface area contributed by atoms with Crippen molar-refractivity contribution in [2.45, 2.75) is 19.8 Å². The lowest BCUT2D eigenvalue weighted by Gasteiger charge is -2.05. The molecule has 0 unspecified atom stereocenters. The molecule has 1 rings (SSSR count). The first-order valence-corrected chi connectivity index (χ1v) is 4.50. The first-order chi connectivity index (χ1) is 5.65. The number of pyridine rings is 1. The SMILES string of the molecule is CC(C)c1ncc(Br)cc1C#N. The molecule has 0 radical (unpaired) electrons. The minimum Gasteiger partial charge on any atom is -0.258 e. The Labute approximate surface area is 80.4 Å². The van der Waals surface area contributed by atoms with Crippen molar-refractivity contribution in [2.75, 3.05) is 0 Å². The summed E-state index contributed by atoms with van der Waals surface area (Å²) in [5.41, 5.74) is 1.51. The molecule has 0 amide bonds. The maximum Gasteiger partial charge on any atom is 0.101 e. The van der Waals surface area contributed by atoms with Gasteiger partial charge in [0, 0.05) is 10.7 Å². The monoisotopic (exact) mass is 224 g/mol. The van der Waals surface area contributed by atoms with Crippen LogP contribution in [0.4, 0.5) is 0 Å². The van der Waals surface area contributed by atoms with Gasteiger partial charge < -0.3 is 0 Å². The largest absolute Gasteiger partial charge is 0.258 e. The summed E-state index contributed by atoms with van der Waals surface area (Å²) in [4.78, 5) is 4.18. The van der Waals surface area contributed by atoms with E-state index in [9.17, 15) is 0 Å². The van der Waals surface area contributed by atoms with E-state index in [2.05, 4.69) is 27.0 Å². The highest BCUT2D eigenvalue weighted by Gasteiger charge is 2.07. The minimum absolute atomic E-state index is 0.299. The van der Waals surface area contributed by atoms with Gasteiger partial charge in [0.05, 0.1) is 11.3 Å². The van der Waals surface area contributed by atoms with E-state index in [1.165, 1.54) is 0 Å². The highest BCUT2D eigenvalue weighted by molar-refractivity contribution is 9.10. The third kappa shape index (κ3) is 1.83. The average Bonchev–Trinajstić information content (AvgIpc) is 2.03. The highest BCUT2D eigenvalue weighted by atomic mass is 79.9. The molecular formula is C9H9BrN2. The zero-order valence-electron chi connectivity index (χ0n) is 7.00. The van der Waals surface area contributed by atoms with Crippen molar-refractivity contribution in [3.05, 3.63) is 28.0 Å². The van der Waals surface area contributed by atoms with Gasteiger partial charge in [-0.05, 0) is 27.9 Å². The first kappa shape index (κ1) is 9.21. The molecule has 0 atom stereocenters. The zero-order valence-corrected chi connectivity index (χ0v) is 8.59.